The molecule has 0 aliphatic heterocycles. The van der Waals surface area contributed by atoms with E-state index in [0.717, 1.165) is 19.3 Å². The van der Waals surface area contributed by atoms with E-state index in [-0.39, 0.29) is 5.91 Å². The second-order valence-corrected chi connectivity index (χ2v) is 5.57. The maximum absolute atomic E-state index is 11.5. The molecule has 0 rings (SSSR count). The van der Waals surface area contributed by atoms with Gasteiger partial charge in [-0.1, -0.05) is 71.6 Å². The molecule has 1 N–H and O–H groups in total. The highest BCUT2D eigenvalue weighted by atomic mass is 16.2. The van der Waals surface area contributed by atoms with Crippen molar-refractivity contribution in [2.45, 2.75) is 97.3 Å². The zero-order valence-electron chi connectivity index (χ0n) is 13.6. The minimum atomic E-state index is 0.0562. The van der Waals surface area contributed by atoms with Crippen molar-refractivity contribution in [2.75, 3.05) is 0 Å². The number of carbonyl (C=O) groups is 1. The van der Waals surface area contributed by atoms with Gasteiger partial charge in [0.25, 0.3) is 0 Å². The number of unbranched alkanes of at least 4 members (excludes halogenated alkanes) is 10. The molecule has 0 fully saturated rings. The maximum Gasteiger partial charge on any atom is 0.240 e. The van der Waals surface area contributed by atoms with Crippen molar-refractivity contribution in [1.29, 1.82) is 0 Å². The minimum Gasteiger partial charge on any atom is -0.273 e. The van der Waals surface area contributed by atoms with E-state index in [9.17, 15) is 4.79 Å². The van der Waals surface area contributed by atoms with Crippen LogP contribution in [0.2, 0.25) is 0 Å². The van der Waals surface area contributed by atoms with Crippen LogP contribution in [0.4, 0.5) is 0 Å². The van der Waals surface area contributed by atoms with Crippen molar-refractivity contribution >= 4 is 12.1 Å². The van der Waals surface area contributed by atoms with E-state index in [1.165, 1.54) is 57.8 Å². The van der Waals surface area contributed by atoms with Gasteiger partial charge in [-0.05, 0) is 19.3 Å². The molecule has 3 heteroatoms. The Bertz CT molecular complexity index is 239. The summed E-state index contributed by atoms with van der Waals surface area (Å²) in [5.74, 6) is 0.0562. The average Bonchev–Trinajstić information content (AvgIpc) is 2.45. The Labute approximate surface area is 125 Å². The van der Waals surface area contributed by atoms with Crippen LogP contribution in [-0.2, 0) is 4.79 Å². The number of nitrogens with zero attached hydrogens (tertiary/aromatic N) is 1. The summed E-state index contributed by atoms with van der Waals surface area (Å²) < 4.78 is 0. The standard InChI is InChI=1S/C17H34N2O/c1-3-5-7-9-10-12-14-16-18-19-17(20)15-13-11-8-6-4-2/h16H,3-15H2,1-2H3,(H,19,20)/b18-16-. The second kappa shape index (κ2) is 16.2. The fourth-order valence-corrected chi connectivity index (χ4v) is 2.14. The average molecular weight is 282 g/mol. The number of rotatable bonds is 14. The Morgan fingerprint density at radius 2 is 1.40 bits per heavy atom. The number of hydrazone groups is 1. The first-order valence-electron chi connectivity index (χ1n) is 8.61. The van der Waals surface area contributed by atoms with Gasteiger partial charge < -0.3 is 0 Å². The predicted molar refractivity (Wildman–Crippen MR) is 88.0 cm³/mol. The summed E-state index contributed by atoms with van der Waals surface area (Å²) in [6, 6.07) is 0. The zero-order chi connectivity index (χ0) is 14.9. The predicted octanol–water partition coefficient (Wildman–Crippen LogP) is 5.20. The fraction of sp³-hybridized carbons (Fsp3) is 0.882. The van der Waals surface area contributed by atoms with Crippen molar-refractivity contribution in [3.63, 3.8) is 0 Å². The van der Waals surface area contributed by atoms with Crippen molar-refractivity contribution < 1.29 is 4.79 Å². The molecule has 0 aliphatic carbocycles. The fourth-order valence-electron chi connectivity index (χ4n) is 2.14. The molecule has 0 aromatic carbocycles. The van der Waals surface area contributed by atoms with E-state index in [0.29, 0.717) is 6.42 Å². The molecule has 118 valence electrons. The van der Waals surface area contributed by atoms with E-state index in [1.807, 2.05) is 6.21 Å². The highest BCUT2D eigenvalue weighted by Gasteiger charge is 1.98. The topological polar surface area (TPSA) is 41.5 Å². The Hall–Kier alpha value is -0.860. The van der Waals surface area contributed by atoms with Gasteiger partial charge >= 0.3 is 0 Å². The lowest BCUT2D eigenvalue weighted by Crippen LogP contribution is -2.16. The first-order valence-corrected chi connectivity index (χ1v) is 8.61. The Morgan fingerprint density at radius 3 is 2.05 bits per heavy atom. The number of carbonyl (C=O) groups excluding carboxylic acids is 1. The van der Waals surface area contributed by atoms with Gasteiger partial charge in [0.1, 0.15) is 0 Å². The lowest BCUT2D eigenvalue weighted by Gasteiger charge is -2.00. The molecule has 1 amide bonds. The lowest BCUT2D eigenvalue weighted by molar-refractivity contribution is -0.121. The quantitative estimate of drug-likeness (QED) is 0.265. The Kier molecular flexibility index (Phi) is 15.5. The van der Waals surface area contributed by atoms with Gasteiger partial charge in [0, 0.05) is 12.6 Å². The summed E-state index contributed by atoms with van der Waals surface area (Å²) in [6.07, 6.45) is 17.1. The SMILES string of the molecule is CCCCCCCC/C=N\NC(=O)CCCCCCC. The largest absolute Gasteiger partial charge is 0.273 e. The van der Waals surface area contributed by atoms with E-state index < -0.39 is 0 Å². The first kappa shape index (κ1) is 19.1. The maximum atomic E-state index is 11.5. The molecule has 0 aliphatic rings. The monoisotopic (exact) mass is 282 g/mol. The summed E-state index contributed by atoms with van der Waals surface area (Å²) in [6.45, 7) is 4.43. The van der Waals surface area contributed by atoms with Crippen LogP contribution < -0.4 is 5.43 Å². The first-order chi connectivity index (χ1) is 9.81. The number of nitrogens with one attached hydrogen (secondary N) is 1. The molecule has 0 aromatic rings. The molecule has 0 saturated carbocycles. The van der Waals surface area contributed by atoms with Crippen LogP contribution in [0.25, 0.3) is 0 Å². The Balaban J connectivity index is 3.25. The number of hydrogen-bond acceptors (Lipinski definition) is 2. The van der Waals surface area contributed by atoms with Crippen molar-refractivity contribution in [2.24, 2.45) is 5.10 Å². The third-order valence-electron chi connectivity index (χ3n) is 3.47. The molecule has 0 atom stereocenters. The van der Waals surface area contributed by atoms with Crippen molar-refractivity contribution in [1.82, 2.24) is 5.43 Å². The normalized spacial score (nSPS) is 11.1. The molecule has 0 heterocycles. The summed E-state index contributed by atoms with van der Waals surface area (Å²) in [7, 11) is 0. The molecule has 20 heavy (non-hydrogen) atoms. The summed E-state index contributed by atoms with van der Waals surface area (Å²) in [4.78, 5) is 11.5. The number of amides is 1. The van der Waals surface area contributed by atoms with Crippen molar-refractivity contribution in [3.8, 4) is 0 Å². The van der Waals surface area contributed by atoms with Crippen LogP contribution in [-0.4, -0.2) is 12.1 Å². The molecule has 0 spiro atoms. The Morgan fingerprint density at radius 1 is 0.850 bits per heavy atom. The highest BCUT2D eigenvalue weighted by molar-refractivity contribution is 5.76. The molecule has 0 radical (unpaired) electrons. The van der Waals surface area contributed by atoms with Crippen molar-refractivity contribution in [3.05, 3.63) is 0 Å². The molecule has 0 bridgehead atoms. The highest BCUT2D eigenvalue weighted by Crippen LogP contribution is 2.06. The number of hydrogen-bond donors (Lipinski definition) is 1. The molecule has 3 nitrogen and oxygen atoms in total. The smallest absolute Gasteiger partial charge is 0.240 e. The molecule has 0 unspecified atom stereocenters. The summed E-state index contributed by atoms with van der Waals surface area (Å²) >= 11 is 0. The van der Waals surface area contributed by atoms with E-state index in [4.69, 9.17) is 0 Å². The lowest BCUT2D eigenvalue weighted by atomic mass is 10.1. The van der Waals surface area contributed by atoms with E-state index in [1.54, 1.807) is 0 Å². The van der Waals surface area contributed by atoms with Gasteiger partial charge in [-0.25, -0.2) is 5.43 Å². The third kappa shape index (κ3) is 15.2. The molecule has 0 aromatic heterocycles. The summed E-state index contributed by atoms with van der Waals surface area (Å²) in [5, 5.41) is 4.00. The minimum absolute atomic E-state index is 0.0562. The van der Waals surface area contributed by atoms with Gasteiger partial charge in [0.05, 0.1) is 0 Å². The van der Waals surface area contributed by atoms with E-state index in [2.05, 4.69) is 24.4 Å². The van der Waals surface area contributed by atoms with Gasteiger partial charge in [0.15, 0.2) is 0 Å². The van der Waals surface area contributed by atoms with Gasteiger partial charge in [-0.15, -0.1) is 0 Å². The third-order valence-corrected chi connectivity index (χ3v) is 3.47. The van der Waals surface area contributed by atoms with Crippen LogP contribution >= 0.6 is 0 Å². The molecular weight excluding hydrogens is 248 g/mol. The zero-order valence-corrected chi connectivity index (χ0v) is 13.6. The van der Waals surface area contributed by atoms with Crippen LogP contribution in [0.15, 0.2) is 5.10 Å². The van der Waals surface area contributed by atoms with E-state index >= 15 is 0 Å². The molecule has 0 saturated heterocycles. The van der Waals surface area contributed by atoms with Gasteiger partial charge in [0.2, 0.25) is 5.91 Å². The van der Waals surface area contributed by atoms with Crippen LogP contribution in [0.1, 0.15) is 97.3 Å². The van der Waals surface area contributed by atoms with Crippen LogP contribution in [0.5, 0.6) is 0 Å². The molecular formula is C17H34N2O. The second-order valence-electron chi connectivity index (χ2n) is 5.57. The van der Waals surface area contributed by atoms with Gasteiger partial charge in [-0.3, -0.25) is 4.79 Å². The van der Waals surface area contributed by atoms with Gasteiger partial charge in [-0.2, -0.15) is 5.10 Å². The van der Waals surface area contributed by atoms with Crippen LogP contribution in [0.3, 0.4) is 0 Å². The summed E-state index contributed by atoms with van der Waals surface area (Å²) in [5.41, 5.74) is 2.62. The van der Waals surface area contributed by atoms with Crippen LogP contribution in [0, 0.1) is 0 Å².